The summed E-state index contributed by atoms with van der Waals surface area (Å²) in [7, 11) is 0. The fourth-order valence-corrected chi connectivity index (χ4v) is 1.93. The Kier molecular flexibility index (Phi) is 2.66. The molecule has 5 heteroatoms. The maximum atomic E-state index is 13.4. The topological polar surface area (TPSA) is 61.3 Å². The van der Waals surface area contributed by atoms with Gasteiger partial charge in [0, 0.05) is 5.56 Å². The van der Waals surface area contributed by atoms with Crippen LogP contribution >= 0.6 is 0 Å². The molecule has 2 N–H and O–H groups in total. The zero-order chi connectivity index (χ0) is 12.5. The molecular weight excluding hydrogens is 235 g/mol. The third kappa shape index (κ3) is 1.92. The molecule has 0 radical (unpaired) electrons. The molecule has 0 unspecified atom stereocenters. The van der Waals surface area contributed by atoms with Crippen molar-refractivity contribution < 1.29 is 13.7 Å². The van der Waals surface area contributed by atoms with Gasteiger partial charge < -0.3 is 15.0 Å². The normalized spacial score (nSPS) is 15.4. The van der Waals surface area contributed by atoms with Crippen LogP contribution in [-0.4, -0.2) is 11.3 Å². The highest BCUT2D eigenvalue weighted by Gasteiger charge is 2.22. The molecule has 0 spiro atoms. The number of nitrogens with zero attached hydrogens (tertiary/aromatic N) is 1. The largest absolute Gasteiger partial charge is 0.490 e. The summed E-state index contributed by atoms with van der Waals surface area (Å²) in [5.41, 5.74) is 6.80. The van der Waals surface area contributed by atoms with Gasteiger partial charge in [0.05, 0.1) is 17.9 Å². The molecule has 0 aliphatic heterocycles. The number of rotatable bonds is 3. The fraction of sp³-hybridized carbons (Fsp3) is 0.308. The average Bonchev–Trinajstić information content (AvgIpc) is 2.71. The Bertz CT molecular complexity index is 564. The SMILES string of the molecule is Nc1oncc1-c1cc(F)ccc1OC1CCC1. The van der Waals surface area contributed by atoms with Crippen LogP contribution in [0, 0.1) is 5.82 Å². The van der Waals surface area contributed by atoms with Gasteiger partial charge in [-0.15, -0.1) is 0 Å². The summed E-state index contributed by atoms with van der Waals surface area (Å²) >= 11 is 0. The second kappa shape index (κ2) is 4.33. The lowest BCUT2D eigenvalue weighted by Gasteiger charge is -2.27. The number of nitrogen functional groups attached to an aromatic ring is 1. The van der Waals surface area contributed by atoms with Crippen LogP contribution in [0.2, 0.25) is 0 Å². The van der Waals surface area contributed by atoms with Gasteiger partial charge in [-0.2, -0.15) is 0 Å². The molecule has 1 saturated carbocycles. The second-order valence-corrected chi connectivity index (χ2v) is 4.41. The minimum Gasteiger partial charge on any atom is -0.490 e. The standard InChI is InChI=1S/C13H13FN2O2/c14-8-4-5-12(17-9-2-1-3-9)10(6-8)11-7-16-18-13(11)15/h4-7,9H,1-3,15H2. The number of aromatic nitrogens is 1. The summed E-state index contributed by atoms with van der Waals surface area (Å²) in [5, 5.41) is 3.60. The Balaban J connectivity index is 2.00. The van der Waals surface area contributed by atoms with E-state index in [1.807, 2.05) is 0 Å². The Morgan fingerprint density at radius 1 is 1.33 bits per heavy atom. The van der Waals surface area contributed by atoms with E-state index in [0.29, 0.717) is 16.9 Å². The van der Waals surface area contributed by atoms with Crippen molar-refractivity contribution in [3.8, 4) is 16.9 Å². The van der Waals surface area contributed by atoms with E-state index in [4.69, 9.17) is 15.0 Å². The van der Waals surface area contributed by atoms with Gasteiger partial charge >= 0.3 is 0 Å². The molecular formula is C13H13FN2O2. The number of ether oxygens (including phenoxy) is 1. The van der Waals surface area contributed by atoms with E-state index in [1.165, 1.54) is 24.8 Å². The maximum absolute atomic E-state index is 13.4. The van der Waals surface area contributed by atoms with E-state index >= 15 is 0 Å². The van der Waals surface area contributed by atoms with Crippen molar-refractivity contribution in [1.82, 2.24) is 5.16 Å². The van der Waals surface area contributed by atoms with Gasteiger partial charge in [-0.3, -0.25) is 0 Å². The lowest BCUT2D eigenvalue weighted by molar-refractivity contribution is 0.121. The summed E-state index contributed by atoms with van der Waals surface area (Å²) in [4.78, 5) is 0. The number of nitrogens with two attached hydrogens (primary N) is 1. The van der Waals surface area contributed by atoms with Gasteiger partial charge in [0.2, 0.25) is 5.88 Å². The van der Waals surface area contributed by atoms with Crippen LogP contribution in [0.4, 0.5) is 10.3 Å². The van der Waals surface area contributed by atoms with Gasteiger partial charge in [-0.05, 0) is 37.5 Å². The number of hydrogen-bond acceptors (Lipinski definition) is 4. The molecule has 1 fully saturated rings. The minimum atomic E-state index is -0.341. The van der Waals surface area contributed by atoms with Gasteiger partial charge in [0.15, 0.2) is 0 Å². The van der Waals surface area contributed by atoms with Crippen molar-refractivity contribution in [2.45, 2.75) is 25.4 Å². The van der Waals surface area contributed by atoms with Crippen LogP contribution in [0.15, 0.2) is 28.9 Å². The summed E-state index contributed by atoms with van der Waals surface area (Å²) in [6.45, 7) is 0. The highest BCUT2D eigenvalue weighted by molar-refractivity contribution is 5.77. The molecule has 1 heterocycles. The first-order valence-corrected chi connectivity index (χ1v) is 5.91. The smallest absolute Gasteiger partial charge is 0.230 e. The predicted octanol–water partition coefficient (Wildman–Crippen LogP) is 2.99. The highest BCUT2D eigenvalue weighted by atomic mass is 19.1. The number of hydrogen-bond donors (Lipinski definition) is 1. The van der Waals surface area contributed by atoms with Crippen LogP contribution < -0.4 is 10.5 Å². The molecule has 0 atom stereocenters. The van der Waals surface area contributed by atoms with Crippen LogP contribution in [0.3, 0.4) is 0 Å². The van der Waals surface area contributed by atoms with Gasteiger partial charge in [0.1, 0.15) is 11.6 Å². The maximum Gasteiger partial charge on any atom is 0.230 e. The van der Waals surface area contributed by atoms with Gasteiger partial charge in [-0.25, -0.2) is 4.39 Å². The van der Waals surface area contributed by atoms with Crippen LogP contribution in [0.25, 0.3) is 11.1 Å². The number of halogens is 1. The van der Waals surface area contributed by atoms with Crippen LogP contribution in [0.5, 0.6) is 5.75 Å². The van der Waals surface area contributed by atoms with Crippen molar-refractivity contribution in [3.05, 3.63) is 30.2 Å². The molecule has 1 aromatic heterocycles. The molecule has 3 rings (SSSR count). The number of anilines is 1. The molecule has 94 valence electrons. The van der Waals surface area contributed by atoms with Crippen molar-refractivity contribution in [1.29, 1.82) is 0 Å². The van der Waals surface area contributed by atoms with Crippen molar-refractivity contribution >= 4 is 5.88 Å². The molecule has 0 bridgehead atoms. The molecule has 4 nitrogen and oxygen atoms in total. The summed E-state index contributed by atoms with van der Waals surface area (Å²) in [5.74, 6) is 0.446. The van der Waals surface area contributed by atoms with E-state index in [1.54, 1.807) is 6.07 Å². The fourth-order valence-electron chi connectivity index (χ4n) is 1.93. The van der Waals surface area contributed by atoms with E-state index in [0.717, 1.165) is 12.8 Å². The van der Waals surface area contributed by atoms with Gasteiger partial charge in [0.25, 0.3) is 0 Å². The Hall–Kier alpha value is -2.04. The Labute approximate surface area is 104 Å². The summed E-state index contributed by atoms with van der Waals surface area (Å²) in [6.07, 6.45) is 4.94. The lowest BCUT2D eigenvalue weighted by Crippen LogP contribution is -2.24. The molecule has 1 aliphatic rings. The monoisotopic (exact) mass is 248 g/mol. The van der Waals surface area contributed by atoms with E-state index in [-0.39, 0.29) is 17.8 Å². The summed E-state index contributed by atoms with van der Waals surface area (Å²) < 4.78 is 24.0. The van der Waals surface area contributed by atoms with Crippen LogP contribution in [0.1, 0.15) is 19.3 Å². The Morgan fingerprint density at radius 2 is 2.17 bits per heavy atom. The van der Waals surface area contributed by atoms with Crippen molar-refractivity contribution in [2.75, 3.05) is 5.73 Å². The van der Waals surface area contributed by atoms with Crippen LogP contribution in [-0.2, 0) is 0 Å². The highest BCUT2D eigenvalue weighted by Crippen LogP contribution is 2.36. The molecule has 2 aromatic rings. The number of benzene rings is 1. The van der Waals surface area contributed by atoms with E-state index in [2.05, 4.69) is 5.16 Å². The predicted molar refractivity (Wildman–Crippen MR) is 64.6 cm³/mol. The zero-order valence-corrected chi connectivity index (χ0v) is 9.73. The molecule has 1 aromatic carbocycles. The minimum absolute atomic E-state index is 0.166. The van der Waals surface area contributed by atoms with Crippen molar-refractivity contribution in [2.24, 2.45) is 0 Å². The Morgan fingerprint density at radius 3 is 2.78 bits per heavy atom. The molecule has 0 amide bonds. The first-order chi connectivity index (χ1) is 8.74. The third-order valence-corrected chi connectivity index (χ3v) is 3.18. The quantitative estimate of drug-likeness (QED) is 0.907. The summed E-state index contributed by atoms with van der Waals surface area (Å²) in [6, 6.07) is 4.38. The van der Waals surface area contributed by atoms with E-state index < -0.39 is 0 Å². The molecule has 1 aliphatic carbocycles. The first-order valence-electron chi connectivity index (χ1n) is 5.91. The molecule has 18 heavy (non-hydrogen) atoms. The van der Waals surface area contributed by atoms with Crippen molar-refractivity contribution in [3.63, 3.8) is 0 Å². The second-order valence-electron chi connectivity index (χ2n) is 4.41. The van der Waals surface area contributed by atoms with E-state index in [9.17, 15) is 4.39 Å². The third-order valence-electron chi connectivity index (χ3n) is 3.18. The lowest BCUT2D eigenvalue weighted by atomic mass is 9.96. The zero-order valence-electron chi connectivity index (χ0n) is 9.73. The molecule has 0 saturated heterocycles. The van der Waals surface area contributed by atoms with Gasteiger partial charge in [-0.1, -0.05) is 5.16 Å². The first kappa shape index (κ1) is 11.1. The average molecular weight is 248 g/mol.